The van der Waals surface area contributed by atoms with Crippen LogP contribution in [0.25, 0.3) is 6.08 Å². The van der Waals surface area contributed by atoms with Crippen LogP contribution in [-0.2, 0) is 0 Å². The summed E-state index contributed by atoms with van der Waals surface area (Å²) in [5.41, 5.74) is 0.0971. The Morgan fingerprint density at radius 2 is 2.25 bits per heavy atom. The van der Waals surface area contributed by atoms with E-state index in [2.05, 4.69) is 6.58 Å². The Hall–Kier alpha value is -1.14. The van der Waals surface area contributed by atoms with Crippen LogP contribution < -0.4 is 0 Å². The molecule has 0 spiro atoms. The first-order valence-electron chi connectivity index (χ1n) is 3.60. The minimum atomic E-state index is -0.433. The summed E-state index contributed by atoms with van der Waals surface area (Å²) in [6.07, 6.45) is 1.52. The van der Waals surface area contributed by atoms with Gasteiger partial charge >= 0.3 is 0 Å². The zero-order chi connectivity index (χ0) is 9.56. The number of hydrogen-bond acceptors (Lipinski definition) is 2. The van der Waals surface area contributed by atoms with Crippen LogP contribution in [0.2, 0.25) is 0 Å². The van der Waals surface area contributed by atoms with Crippen LogP contribution in [0.5, 0.6) is 0 Å². The van der Waals surface area contributed by atoms with Gasteiger partial charge in [0.25, 0.3) is 0 Å². The summed E-state index contributed by atoms with van der Waals surface area (Å²) < 4.78 is 12.5. The van der Waals surface area contributed by atoms with Crippen molar-refractivity contribution in [3.8, 4) is 6.07 Å². The number of halogens is 1. The average molecular weight is 183 g/mol. The van der Waals surface area contributed by atoms with Gasteiger partial charge in [-0.1, -0.05) is 26.5 Å². The first-order valence-corrected chi connectivity index (χ1v) is 4.41. The predicted molar refractivity (Wildman–Crippen MR) is 50.4 cm³/mol. The van der Waals surface area contributed by atoms with Crippen LogP contribution in [-0.4, -0.2) is 0 Å². The van der Waals surface area contributed by atoms with Crippen LogP contribution >= 0.6 is 11.3 Å². The second-order valence-corrected chi connectivity index (χ2v) is 2.69. The Balaban J connectivity index is 0.000000561. The third-order valence-electron chi connectivity index (χ3n) is 1.03. The van der Waals surface area contributed by atoms with Gasteiger partial charge in [0.2, 0.25) is 0 Å². The molecule has 1 heterocycles. The number of nitriles is 1. The maximum atomic E-state index is 12.5. The van der Waals surface area contributed by atoms with E-state index in [4.69, 9.17) is 5.26 Å². The lowest BCUT2D eigenvalue weighted by Crippen LogP contribution is -1.67. The Bertz CT molecular complexity index is 296. The molecule has 0 saturated carbocycles. The summed E-state index contributed by atoms with van der Waals surface area (Å²) in [6, 6.07) is 3.22. The molecular formula is C9H10FNS. The first-order chi connectivity index (χ1) is 5.77. The van der Waals surface area contributed by atoms with Gasteiger partial charge in [-0.2, -0.15) is 9.65 Å². The van der Waals surface area contributed by atoms with Crippen molar-refractivity contribution in [1.29, 1.82) is 5.26 Å². The molecular weight excluding hydrogens is 173 g/mol. The highest BCUT2D eigenvalue weighted by molar-refractivity contribution is 7.11. The second kappa shape index (κ2) is 5.50. The van der Waals surface area contributed by atoms with E-state index < -0.39 is 5.13 Å². The SMILES string of the molecule is C=Cc1cc(C#N)c(F)s1.CC. The standard InChI is InChI=1S/C7H4FNS.C2H6/c1-2-6-3-5(4-9)7(8)10-6;1-2/h2-3H,1H2;1-2H3. The van der Waals surface area contributed by atoms with Crippen molar-refractivity contribution in [3.63, 3.8) is 0 Å². The normalized spacial score (nSPS) is 7.83. The first kappa shape index (κ1) is 10.9. The highest BCUT2D eigenvalue weighted by Crippen LogP contribution is 2.20. The Morgan fingerprint density at radius 3 is 2.50 bits per heavy atom. The van der Waals surface area contributed by atoms with Gasteiger partial charge in [0.05, 0.1) is 5.56 Å². The molecule has 0 amide bonds. The summed E-state index contributed by atoms with van der Waals surface area (Å²) in [5, 5.41) is 7.88. The van der Waals surface area contributed by atoms with Crippen LogP contribution in [0.1, 0.15) is 24.3 Å². The van der Waals surface area contributed by atoms with Crippen molar-refractivity contribution in [1.82, 2.24) is 0 Å². The topological polar surface area (TPSA) is 23.8 Å². The largest absolute Gasteiger partial charge is 0.194 e. The molecule has 1 aromatic heterocycles. The van der Waals surface area contributed by atoms with Crippen molar-refractivity contribution >= 4 is 17.4 Å². The van der Waals surface area contributed by atoms with Gasteiger partial charge in [-0.15, -0.1) is 11.3 Å². The Kier molecular flexibility index (Phi) is 4.98. The number of hydrogen-bond donors (Lipinski definition) is 0. The lowest BCUT2D eigenvalue weighted by Gasteiger charge is -1.72. The van der Waals surface area contributed by atoms with Crippen molar-refractivity contribution in [3.05, 3.63) is 28.2 Å². The fourth-order valence-electron chi connectivity index (χ4n) is 0.564. The van der Waals surface area contributed by atoms with E-state index >= 15 is 0 Å². The van der Waals surface area contributed by atoms with E-state index in [1.807, 2.05) is 13.8 Å². The van der Waals surface area contributed by atoms with Gasteiger partial charge < -0.3 is 0 Å². The maximum absolute atomic E-state index is 12.5. The third-order valence-corrected chi connectivity index (χ3v) is 1.95. The molecule has 0 aromatic carbocycles. The molecule has 0 fully saturated rings. The summed E-state index contributed by atoms with van der Waals surface area (Å²) in [7, 11) is 0. The molecule has 0 aliphatic carbocycles. The molecule has 0 aliphatic heterocycles. The molecule has 0 N–H and O–H groups in total. The number of thiophene rings is 1. The van der Waals surface area contributed by atoms with Crippen molar-refractivity contribution in [2.24, 2.45) is 0 Å². The van der Waals surface area contributed by atoms with E-state index in [1.54, 1.807) is 6.07 Å². The quantitative estimate of drug-likeness (QED) is 0.654. The van der Waals surface area contributed by atoms with Gasteiger partial charge in [0.15, 0.2) is 5.13 Å². The van der Waals surface area contributed by atoms with E-state index in [0.29, 0.717) is 4.88 Å². The molecule has 3 heteroatoms. The van der Waals surface area contributed by atoms with Crippen LogP contribution in [0.3, 0.4) is 0 Å². The summed E-state index contributed by atoms with van der Waals surface area (Å²) in [6.45, 7) is 7.45. The Labute approximate surface area is 75.8 Å². The van der Waals surface area contributed by atoms with Crippen LogP contribution in [0.4, 0.5) is 4.39 Å². The molecule has 0 bridgehead atoms. The van der Waals surface area contributed by atoms with E-state index in [1.165, 1.54) is 12.1 Å². The minimum Gasteiger partial charge on any atom is -0.194 e. The summed E-state index contributed by atoms with van der Waals surface area (Å²) in [4.78, 5) is 0.689. The molecule has 1 nitrogen and oxygen atoms in total. The summed E-state index contributed by atoms with van der Waals surface area (Å²) in [5.74, 6) is 0. The molecule has 64 valence electrons. The van der Waals surface area contributed by atoms with Crippen molar-refractivity contribution in [2.75, 3.05) is 0 Å². The zero-order valence-corrected chi connectivity index (χ0v) is 7.91. The number of rotatable bonds is 1. The lowest BCUT2D eigenvalue weighted by molar-refractivity contribution is 0.654. The second-order valence-electron chi connectivity index (χ2n) is 1.65. The number of nitrogens with zero attached hydrogens (tertiary/aromatic N) is 1. The lowest BCUT2D eigenvalue weighted by atomic mass is 10.3. The zero-order valence-electron chi connectivity index (χ0n) is 7.10. The van der Waals surface area contributed by atoms with Gasteiger partial charge in [0, 0.05) is 4.88 Å². The minimum absolute atomic E-state index is 0.0971. The Morgan fingerprint density at radius 1 is 1.67 bits per heavy atom. The van der Waals surface area contributed by atoms with E-state index in [0.717, 1.165) is 11.3 Å². The fraction of sp³-hybridized carbons (Fsp3) is 0.222. The highest BCUT2D eigenvalue weighted by atomic mass is 32.1. The molecule has 12 heavy (non-hydrogen) atoms. The van der Waals surface area contributed by atoms with Gasteiger partial charge in [0.1, 0.15) is 6.07 Å². The smallest absolute Gasteiger partial charge is 0.194 e. The van der Waals surface area contributed by atoms with Gasteiger partial charge in [-0.05, 0) is 6.07 Å². The molecule has 0 unspecified atom stereocenters. The molecule has 0 aliphatic rings. The molecule has 0 radical (unpaired) electrons. The van der Waals surface area contributed by atoms with Crippen LogP contribution in [0, 0.1) is 16.5 Å². The summed E-state index contributed by atoms with van der Waals surface area (Å²) >= 11 is 0.932. The average Bonchev–Trinajstić information content (AvgIpc) is 2.49. The van der Waals surface area contributed by atoms with Crippen molar-refractivity contribution in [2.45, 2.75) is 13.8 Å². The van der Waals surface area contributed by atoms with E-state index in [9.17, 15) is 4.39 Å². The van der Waals surface area contributed by atoms with Gasteiger partial charge in [-0.25, -0.2) is 0 Å². The molecule has 1 aromatic rings. The van der Waals surface area contributed by atoms with E-state index in [-0.39, 0.29) is 5.56 Å². The third kappa shape index (κ3) is 2.48. The molecule has 1 rings (SSSR count). The molecule has 0 atom stereocenters. The maximum Gasteiger partial charge on any atom is 0.194 e. The van der Waals surface area contributed by atoms with Crippen LogP contribution in [0.15, 0.2) is 12.6 Å². The monoisotopic (exact) mass is 183 g/mol. The predicted octanol–water partition coefficient (Wildman–Crippen LogP) is 3.43. The van der Waals surface area contributed by atoms with Crippen molar-refractivity contribution < 1.29 is 4.39 Å². The van der Waals surface area contributed by atoms with Gasteiger partial charge in [-0.3, -0.25) is 0 Å². The fourth-order valence-corrected chi connectivity index (χ4v) is 1.25. The molecule has 0 saturated heterocycles. The highest BCUT2D eigenvalue weighted by Gasteiger charge is 2.04.